The number of benzene rings is 2. The van der Waals surface area contributed by atoms with Gasteiger partial charge in [-0.3, -0.25) is 9.69 Å². The van der Waals surface area contributed by atoms with Crippen LogP contribution in [-0.4, -0.2) is 48.9 Å². The van der Waals surface area contributed by atoms with Gasteiger partial charge in [-0.2, -0.15) is 0 Å². The van der Waals surface area contributed by atoms with E-state index in [0.717, 1.165) is 38.4 Å². The molecule has 1 N–H and O–H groups in total. The van der Waals surface area contributed by atoms with E-state index in [1.54, 1.807) is 11.8 Å². The first-order chi connectivity index (χ1) is 13.1. The van der Waals surface area contributed by atoms with Crippen molar-refractivity contribution in [3.05, 3.63) is 65.7 Å². The number of amides is 1. The summed E-state index contributed by atoms with van der Waals surface area (Å²) in [4.78, 5) is 16.4. The number of carbonyl (C=O) groups excluding carboxylic acids is 1. The highest BCUT2D eigenvalue weighted by Crippen LogP contribution is 2.23. The Morgan fingerprint density at radius 2 is 1.74 bits per heavy atom. The van der Waals surface area contributed by atoms with Crippen molar-refractivity contribution in [2.75, 3.05) is 32.8 Å². The minimum absolute atomic E-state index is 0.0294. The summed E-state index contributed by atoms with van der Waals surface area (Å²) >= 11 is 1.80. The molecule has 0 aromatic heterocycles. The Kier molecular flexibility index (Phi) is 7.33. The van der Waals surface area contributed by atoms with E-state index in [1.165, 1.54) is 4.90 Å². The van der Waals surface area contributed by atoms with Crippen LogP contribution in [0, 0.1) is 0 Å². The summed E-state index contributed by atoms with van der Waals surface area (Å²) in [6.07, 6.45) is 0. The van der Waals surface area contributed by atoms with Crippen LogP contribution in [-0.2, 0) is 4.74 Å². The molecule has 1 atom stereocenters. The molecular weight excluding hydrogens is 356 g/mol. The molecule has 1 aliphatic heterocycles. The lowest BCUT2D eigenvalue weighted by molar-refractivity contribution is 0.0332. The van der Waals surface area contributed by atoms with Crippen molar-refractivity contribution in [2.24, 2.45) is 0 Å². The molecule has 1 heterocycles. The first-order valence-electron chi connectivity index (χ1n) is 9.54. The highest BCUT2D eigenvalue weighted by atomic mass is 32.2. The van der Waals surface area contributed by atoms with Gasteiger partial charge in [0, 0.05) is 35.3 Å². The molecule has 1 unspecified atom stereocenters. The number of nitrogens with zero attached hydrogens (tertiary/aromatic N) is 1. The third kappa shape index (κ3) is 6.09. The number of carbonyl (C=O) groups is 1. The highest BCUT2D eigenvalue weighted by Gasteiger charge is 2.20. The fraction of sp³-hybridized carbons (Fsp3) is 0.409. The van der Waals surface area contributed by atoms with E-state index in [1.807, 2.05) is 42.5 Å². The van der Waals surface area contributed by atoms with Gasteiger partial charge in [-0.25, -0.2) is 0 Å². The van der Waals surface area contributed by atoms with Gasteiger partial charge in [0.2, 0.25) is 0 Å². The minimum atomic E-state index is -0.0403. The lowest BCUT2D eigenvalue weighted by atomic mass is 10.1. The molecule has 3 rings (SSSR count). The lowest BCUT2D eigenvalue weighted by Gasteiger charge is -2.31. The zero-order chi connectivity index (χ0) is 19.1. The van der Waals surface area contributed by atoms with Crippen LogP contribution >= 0.6 is 11.8 Å². The van der Waals surface area contributed by atoms with Crippen LogP contribution in [0.2, 0.25) is 0 Å². The van der Waals surface area contributed by atoms with Crippen LogP contribution in [0.1, 0.15) is 35.8 Å². The quantitative estimate of drug-likeness (QED) is 0.733. The number of rotatable bonds is 7. The van der Waals surface area contributed by atoms with E-state index in [0.29, 0.717) is 10.8 Å². The van der Waals surface area contributed by atoms with Crippen LogP contribution in [0.4, 0.5) is 0 Å². The second-order valence-electron chi connectivity index (χ2n) is 7.04. The molecule has 1 fully saturated rings. The van der Waals surface area contributed by atoms with Gasteiger partial charge in [-0.05, 0) is 29.8 Å². The summed E-state index contributed by atoms with van der Waals surface area (Å²) in [6.45, 7) is 8.44. The molecule has 5 heteroatoms. The second kappa shape index (κ2) is 9.93. The number of ether oxygens (including phenoxy) is 1. The normalized spacial score (nSPS) is 16.3. The van der Waals surface area contributed by atoms with Crippen molar-refractivity contribution in [3.8, 4) is 0 Å². The van der Waals surface area contributed by atoms with Crippen LogP contribution in [0.25, 0.3) is 0 Å². The van der Waals surface area contributed by atoms with Crippen molar-refractivity contribution in [2.45, 2.75) is 30.0 Å². The predicted molar refractivity (Wildman–Crippen MR) is 111 cm³/mol. The first-order valence-corrected chi connectivity index (χ1v) is 10.4. The Bertz CT molecular complexity index is 713. The minimum Gasteiger partial charge on any atom is -0.379 e. The van der Waals surface area contributed by atoms with Gasteiger partial charge < -0.3 is 10.1 Å². The molecule has 4 nitrogen and oxygen atoms in total. The summed E-state index contributed by atoms with van der Waals surface area (Å²) in [5, 5.41) is 3.76. The summed E-state index contributed by atoms with van der Waals surface area (Å²) in [6, 6.07) is 18.0. The average Bonchev–Trinajstić information content (AvgIpc) is 2.69. The molecule has 27 heavy (non-hydrogen) atoms. The van der Waals surface area contributed by atoms with Crippen LogP contribution in [0.3, 0.4) is 0 Å². The lowest BCUT2D eigenvalue weighted by Crippen LogP contribution is -2.43. The number of hydrogen-bond donors (Lipinski definition) is 1. The monoisotopic (exact) mass is 384 g/mol. The van der Waals surface area contributed by atoms with E-state index in [9.17, 15) is 4.79 Å². The summed E-state index contributed by atoms with van der Waals surface area (Å²) in [5.74, 6) is -0.0294. The molecule has 0 spiro atoms. The van der Waals surface area contributed by atoms with Crippen molar-refractivity contribution < 1.29 is 9.53 Å². The molecule has 2 aromatic carbocycles. The van der Waals surface area contributed by atoms with E-state index >= 15 is 0 Å². The van der Waals surface area contributed by atoms with E-state index in [4.69, 9.17) is 4.74 Å². The Hall–Kier alpha value is -1.82. The van der Waals surface area contributed by atoms with Crippen molar-refractivity contribution in [3.63, 3.8) is 0 Å². The van der Waals surface area contributed by atoms with Crippen molar-refractivity contribution in [1.82, 2.24) is 10.2 Å². The van der Waals surface area contributed by atoms with Crippen LogP contribution in [0.5, 0.6) is 0 Å². The van der Waals surface area contributed by atoms with Gasteiger partial charge in [0.1, 0.15) is 0 Å². The Labute approximate surface area is 166 Å². The average molecular weight is 385 g/mol. The molecule has 1 amide bonds. The molecule has 2 aromatic rings. The number of hydrogen-bond acceptors (Lipinski definition) is 4. The molecule has 144 valence electrons. The zero-order valence-corrected chi connectivity index (χ0v) is 16.9. The Morgan fingerprint density at radius 3 is 2.37 bits per heavy atom. The maximum atomic E-state index is 12.8. The third-order valence-electron chi connectivity index (χ3n) is 4.54. The van der Waals surface area contributed by atoms with Gasteiger partial charge in [-0.1, -0.05) is 44.2 Å². The molecule has 1 aliphatic rings. The van der Waals surface area contributed by atoms with Gasteiger partial charge in [0.25, 0.3) is 5.91 Å². The zero-order valence-electron chi connectivity index (χ0n) is 16.1. The highest BCUT2D eigenvalue weighted by molar-refractivity contribution is 7.99. The van der Waals surface area contributed by atoms with Gasteiger partial charge >= 0.3 is 0 Å². The molecule has 0 saturated carbocycles. The molecular formula is C22H28N2O2S. The van der Waals surface area contributed by atoms with Crippen LogP contribution in [0.15, 0.2) is 59.5 Å². The van der Waals surface area contributed by atoms with Crippen molar-refractivity contribution in [1.29, 1.82) is 0 Å². The molecule has 1 saturated heterocycles. The summed E-state index contributed by atoms with van der Waals surface area (Å²) in [5.41, 5.74) is 1.83. The molecule has 0 aliphatic carbocycles. The smallest absolute Gasteiger partial charge is 0.251 e. The number of nitrogens with one attached hydrogen (secondary N) is 1. The van der Waals surface area contributed by atoms with E-state index in [-0.39, 0.29) is 11.9 Å². The van der Waals surface area contributed by atoms with Gasteiger partial charge in [0.05, 0.1) is 19.3 Å². The fourth-order valence-electron chi connectivity index (χ4n) is 3.16. The Morgan fingerprint density at radius 1 is 1.07 bits per heavy atom. The predicted octanol–water partition coefficient (Wildman–Crippen LogP) is 3.99. The van der Waals surface area contributed by atoms with Gasteiger partial charge in [0.15, 0.2) is 0 Å². The maximum Gasteiger partial charge on any atom is 0.251 e. The summed E-state index contributed by atoms with van der Waals surface area (Å²) in [7, 11) is 0. The summed E-state index contributed by atoms with van der Waals surface area (Å²) < 4.78 is 5.44. The molecule has 0 radical (unpaired) electrons. The third-order valence-corrected chi connectivity index (χ3v) is 5.56. The number of morpholine rings is 1. The largest absolute Gasteiger partial charge is 0.379 e. The maximum absolute atomic E-state index is 12.8. The SMILES string of the molecule is CC(C)Sc1ccc(C(=O)NC(CN2CCOCC2)c2ccccc2)cc1. The molecule has 0 bridgehead atoms. The van der Waals surface area contributed by atoms with Gasteiger partial charge in [-0.15, -0.1) is 11.8 Å². The first kappa shape index (κ1) is 19.9. The standard InChI is InChI=1S/C22H28N2O2S/c1-17(2)27-20-10-8-19(9-11-20)22(25)23-21(18-6-4-3-5-7-18)16-24-12-14-26-15-13-24/h3-11,17,21H,12-16H2,1-2H3,(H,23,25). The van der Waals surface area contributed by atoms with Crippen molar-refractivity contribution >= 4 is 17.7 Å². The Balaban J connectivity index is 1.69. The second-order valence-corrected chi connectivity index (χ2v) is 8.69. The fourth-order valence-corrected chi connectivity index (χ4v) is 4.00. The van der Waals surface area contributed by atoms with E-state index < -0.39 is 0 Å². The van der Waals surface area contributed by atoms with E-state index in [2.05, 4.69) is 36.2 Å². The number of thioether (sulfide) groups is 1. The topological polar surface area (TPSA) is 41.6 Å². The van der Waals surface area contributed by atoms with Crippen LogP contribution < -0.4 is 5.32 Å².